The Bertz CT molecular complexity index is 401. The fourth-order valence-corrected chi connectivity index (χ4v) is 3.35. The molecule has 0 N–H and O–H groups in total. The molecule has 0 amide bonds. The van der Waals surface area contributed by atoms with Gasteiger partial charge >= 0.3 is 11.9 Å². The third kappa shape index (κ3) is 19.7. The molecule has 0 radical (unpaired) electrons. The van der Waals surface area contributed by atoms with Crippen LogP contribution in [0, 0.1) is 5.92 Å². The van der Waals surface area contributed by atoms with Gasteiger partial charge in [-0.25, -0.2) is 0 Å². The molecule has 0 aromatic heterocycles. The number of Topliss-reactive ketones (excluding diaryl/α,β-unsaturated/α-hetero) is 1. The quantitative estimate of drug-likeness (QED) is 0.177. The molecule has 0 aliphatic carbocycles. The standard InChI is InChI=1S/C24H44O5/c1-4-6-8-10-12-14-16-28-23(26)19-22(18-21(3)25)20-24(27)29-17-15-13-11-9-7-5-2/h22H,4-20H2,1-3H3. The van der Waals surface area contributed by atoms with Gasteiger partial charge in [0.15, 0.2) is 0 Å². The Morgan fingerprint density at radius 2 is 0.966 bits per heavy atom. The fourth-order valence-electron chi connectivity index (χ4n) is 3.35. The molecule has 5 heteroatoms. The summed E-state index contributed by atoms with van der Waals surface area (Å²) in [7, 11) is 0. The first kappa shape index (κ1) is 27.6. The van der Waals surface area contributed by atoms with Crippen LogP contribution in [-0.2, 0) is 23.9 Å². The minimum absolute atomic E-state index is 0.0255. The molecular formula is C24H44O5. The molecule has 0 saturated heterocycles. The Hall–Kier alpha value is -1.39. The number of rotatable bonds is 20. The van der Waals surface area contributed by atoms with E-state index in [1.54, 1.807) is 0 Å². The molecule has 0 heterocycles. The predicted molar refractivity (Wildman–Crippen MR) is 117 cm³/mol. The smallest absolute Gasteiger partial charge is 0.306 e. The van der Waals surface area contributed by atoms with Crippen LogP contribution in [0.15, 0.2) is 0 Å². The lowest BCUT2D eigenvalue weighted by molar-refractivity contribution is -0.147. The molecule has 5 nitrogen and oxygen atoms in total. The van der Waals surface area contributed by atoms with Gasteiger partial charge in [0.05, 0.1) is 13.2 Å². The van der Waals surface area contributed by atoms with Gasteiger partial charge in [0.1, 0.15) is 5.78 Å². The summed E-state index contributed by atoms with van der Waals surface area (Å²) in [6.07, 6.45) is 14.0. The largest absolute Gasteiger partial charge is 0.466 e. The van der Waals surface area contributed by atoms with Gasteiger partial charge in [-0.05, 0) is 25.7 Å². The summed E-state index contributed by atoms with van der Waals surface area (Å²) in [5.74, 6) is -1.01. The Balaban J connectivity index is 4.00. The van der Waals surface area contributed by atoms with Crippen molar-refractivity contribution >= 4 is 17.7 Å². The highest BCUT2D eigenvalue weighted by atomic mass is 16.5. The predicted octanol–water partition coefficient (Wildman–Crippen LogP) is 6.17. The first-order valence-corrected chi connectivity index (χ1v) is 11.8. The second kappa shape index (κ2) is 19.9. The number of carbonyl (C=O) groups excluding carboxylic acids is 3. The number of ether oxygens (including phenoxy) is 2. The van der Waals surface area contributed by atoms with Gasteiger partial charge in [0, 0.05) is 19.3 Å². The molecule has 0 saturated carbocycles. The number of carbonyl (C=O) groups is 3. The van der Waals surface area contributed by atoms with Crippen molar-refractivity contribution in [2.24, 2.45) is 5.92 Å². The third-order valence-corrected chi connectivity index (χ3v) is 5.01. The summed E-state index contributed by atoms with van der Waals surface area (Å²) in [5.41, 5.74) is 0. The molecule has 29 heavy (non-hydrogen) atoms. The lowest BCUT2D eigenvalue weighted by Gasteiger charge is -2.14. The van der Waals surface area contributed by atoms with E-state index in [-0.39, 0.29) is 42.9 Å². The van der Waals surface area contributed by atoms with Crippen LogP contribution in [0.4, 0.5) is 0 Å². The van der Waals surface area contributed by atoms with Crippen LogP contribution in [0.2, 0.25) is 0 Å². The van der Waals surface area contributed by atoms with Gasteiger partial charge in [-0.3, -0.25) is 9.59 Å². The maximum Gasteiger partial charge on any atom is 0.306 e. The molecular weight excluding hydrogens is 368 g/mol. The fraction of sp³-hybridized carbons (Fsp3) is 0.875. The van der Waals surface area contributed by atoms with E-state index in [1.165, 1.54) is 58.3 Å². The molecule has 0 fully saturated rings. The summed E-state index contributed by atoms with van der Waals surface area (Å²) in [5, 5.41) is 0. The van der Waals surface area contributed by atoms with Gasteiger partial charge in [-0.1, -0.05) is 78.1 Å². The van der Waals surface area contributed by atoms with Crippen LogP contribution in [0.5, 0.6) is 0 Å². The number of esters is 2. The van der Waals surface area contributed by atoms with Crippen molar-refractivity contribution in [3.05, 3.63) is 0 Å². The van der Waals surface area contributed by atoms with Crippen LogP contribution in [-0.4, -0.2) is 30.9 Å². The zero-order valence-electron chi connectivity index (χ0n) is 19.1. The highest BCUT2D eigenvalue weighted by molar-refractivity contribution is 5.79. The van der Waals surface area contributed by atoms with Crippen molar-refractivity contribution in [2.45, 2.75) is 117 Å². The van der Waals surface area contributed by atoms with Crippen molar-refractivity contribution < 1.29 is 23.9 Å². The average molecular weight is 413 g/mol. The van der Waals surface area contributed by atoms with Crippen LogP contribution >= 0.6 is 0 Å². The van der Waals surface area contributed by atoms with E-state index in [2.05, 4.69) is 13.8 Å². The maximum absolute atomic E-state index is 12.1. The van der Waals surface area contributed by atoms with E-state index in [1.807, 2.05) is 0 Å². The highest BCUT2D eigenvalue weighted by Gasteiger charge is 2.21. The average Bonchev–Trinajstić information content (AvgIpc) is 2.66. The molecule has 0 aliphatic rings. The van der Waals surface area contributed by atoms with Gasteiger partial charge in [-0.2, -0.15) is 0 Å². The first-order chi connectivity index (χ1) is 14.0. The summed E-state index contributed by atoms with van der Waals surface area (Å²) >= 11 is 0. The Morgan fingerprint density at radius 1 is 0.586 bits per heavy atom. The molecule has 0 spiro atoms. The van der Waals surface area contributed by atoms with E-state index < -0.39 is 0 Å². The summed E-state index contributed by atoms with van der Waals surface area (Å²) in [6.45, 7) is 6.68. The molecule has 0 aromatic rings. The SMILES string of the molecule is CCCCCCCCOC(=O)CC(CC(C)=O)CC(=O)OCCCCCCCC. The third-order valence-electron chi connectivity index (χ3n) is 5.01. The monoisotopic (exact) mass is 412 g/mol. The van der Waals surface area contributed by atoms with E-state index >= 15 is 0 Å². The zero-order valence-corrected chi connectivity index (χ0v) is 19.1. The van der Waals surface area contributed by atoms with Crippen molar-refractivity contribution in [1.29, 1.82) is 0 Å². The van der Waals surface area contributed by atoms with Crippen LogP contribution < -0.4 is 0 Å². The van der Waals surface area contributed by atoms with Crippen LogP contribution in [0.25, 0.3) is 0 Å². The van der Waals surface area contributed by atoms with Crippen molar-refractivity contribution in [3.8, 4) is 0 Å². The van der Waals surface area contributed by atoms with Gasteiger partial charge in [0.2, 0.25) is 0 Å². The molecule has 170 valence electrons. The molecule has 0 aromatic carbocycles. The lowest BCUT2D eigenvalue weighted by atomic mass is 9.95. The topological polar surface area (TPSA) is 69.7 Å². The van der Waals surface area contributed by atoms with Crippen molar-refractivity contribution in [2.75, 3.05) is 13.2 Å². The van der Waals surface area contributed by atoms with Gasteiger partial charge in [0.25, 0.3) is 0 Å². The van der Waals surface area contributed by atoms with E-state index in [4.69, 9.17) is 9.47 Å². The second-order valence-electron chi connectivity index (χ2n) is 8.16. The Morgan fingerprint density at radius 3 is 1.34 bits per heavy atom. The van der Waals surface area contributed by atoms with Gasteiger partial charge < -0.3 is 14.3 Å². The normalized spacial score (nSPS) is 10.9. The zero-order chi connectivity index (χ0) is 21.7. The minimum Gasteiger partial charge on any atom is -0.466 e. The molecule has 0 rings (SSSR count). The number of hydrogen-bond acceptors (Lipinski definition) is 5. The van der Waals surface area contributed by atoms with Crippen LogP contribution in [0.3, 0.4) is 0 Å². The molecule has 0 bridgehead atoms. The number of hydrogen-bond donors (Lipinski definition) is 0. The molecule has 0 atom stereocenters. The van der Waals surface area contributed by atoms with E-state index in [0.29, 0.717) is 13.2 Å². The summed E-state index contributed by atoms with van der Waals surface area (Å²) < 4.78 is 10.6. The second-order valence-corrected chi connectivity index (χ2v) is 8.16. The highest BCUT2D eigenvalue weighted by Crippen LogP contribution is 2.17. The van der Waals surface area contributed by atoms with Crippen LogP contribution in [0.1, 0.15) is 117 Å². The number of unbranched alkanes of at least 4 members (excludes halogenated alkanes) is 10. The lowest BCUT2D eigenvalue weighted by Crippen LogP contribution is -2.19. The molecule has 0 unspecified atom stereocenters. The Labute approximate surface area is 178 Å². The number of ketones is 1. The van der Waals surface area contributed by atoms with Crippen molar-refractivity contribution in [1.82, 2.24) is 0 Å². The maximum atomic E-state index is 12.1. The van der Waals surface area contributed by atoms with E-state index in [0.717, 1.165) is 25.7 Å². The Kier molecular flexibility index (Phi) is 19.0. The van der Waals surface area contributed by atoms with E-state index in [9.17, 15) is 14.4 Å². The van der Waals surface area contributed by atoms with Crippen molar-refractivity contribution in [3.63, 3.8) is 0 Å². The van der Waals surface area contributed by atoms with Gasteiger partial charge in [-0.15, -0.1) is 0 Å². The summed E-state index contributed by atoms with van der Waals surface area (Å²) in [6, 6.07) is 0. The minimum atomic E-state index is -0.332. The summed E-state index contributed by atoms with van der Waals surface area (Å²) in [4.78, 5) is 35.6. The molecule has 0 aliphatic heterocycles. The first-order valence-electron chi connectivity index (χ1n) is 11.8.